The second-order valence-electron chi connectivity index (χ2n) is 6.41. The van der Waals surface area contributed by atoms with Crippen LogP contribution in [0.25, 0.3) is 5.82 Å². The molecular formula is C18H27N5O. The Labute approximate surface area is 143 Å². The molecule has 6 nitrogen and oxygen atoms in total. The van der Waals surface area contributed by atoms with Crippen molar-refractivity contribution in [2.75, 3.05) is 18.6 Å². The van der Waals surface area contributed by atoms with Crippen LogP contribution in [-0.4, -0.2) is 45.5 Å². The summed E-state index contributed by atoms with van der Waals surface area (Å²) >= 11 is 0. The van der Waals surface area contributed by atoms with Crippen LogP contribution in [-0.2, 0) is 4.74 Å². The van der Waals surface area contributed by atoms with E-state index < -0.39 is 0 Å². The molecule has 0 N–H and O–H groups in total. The van der Waals surface area contributed by atoms with E-state index in [1.54, 1.807) is 17.1 Å². The van der Waals surface area contributed by atoms with Crippen molar-refractivity contribution < 1.29 is 4.74 Å². The summed E-state index contributed by atoms with van der Waals surface area (Å²) in [7, 11) is 2.09. The Morgan fingerprint density at radius 1 is 1.29 bits per heavy atom. The molecule has 1 saturated carbocycles. The molecule has 3 rings (SSSR count). The molecule has 0 aliphatic heterocycles. The van der Waals surface area contributed by atoms with E-state index in [-0.39, 0.29) is 5.41 Å². The van der Waals surface area contributed by atoms with Crippen molar-refractivity contribution in [3.8, 4) is 5.82 Å². The highest BCUT2D eigenvalue weighted by molar-refractivity contribution is 5.38. The Morgan fingerprint density at radius 2 is 2.08 bits per heavy atom. The fraction of sp³-hybridized carbons (Fsp3) is 0.611. The van der Waals surface area contributed by atoms with E-state index in [0.29, 0.717) is 12.1 Å². The Bertz CT molecular complexity index is 653. The molecule has 0 amide bonds. The Morgan fingerprint density at radius 3 is 2.71 bits per heavy atom. The van der Waals surface area contributed by atoms with Crippen molar-refractivity contribution in [3.63, 3.8) is 0 Å². The molecule has 2 aromatic heterocycles. The SMILES string of the molecule is CCO[C@H]1C[C@@H](N(C)c2nccc(-n3cccn3)n2)C1(CC)CC. The van der Waals surface area contributed by atoms with E-state index in [1.165, 1.54) is 0 Å². The zero-order valence-electron chi connectivity index (χ0n) is 15.0. The molecule has 2 aromatic rings. The summed E-state index contributed by atoms with van der Waals surface area (Å²) in [5.41, 5.74) is 0.176. The lowest BCUT2D eigenvalue weighted by Gasteiger charge is -2.58. The Balaban J connectivity index is 1.84. The molecule has 0 spiro atoms. The van der Waals surface area contributed by atoms with Crippen LogP contribution >= 0.6 is 0 Å². The maximum atomic E-state index is 5.99. The van der Waals surface area contributed by atoms with Gasteiger partial charge in [0.2, 0.25) is 5.95 Å². The summed E-state index contributed by atoms with van der Waals surface area (Å²) in [5.74, 6) is 1.53. The van der Waals surface area contributed by atoms with E-state index in [1.807, 2.05) is 18.3 Å². The first kappa shape index (κ1) is 16.9. The number of aromatic nitrogens is 4. The predicted octanol–water partition coefficient (Wildman–Crippen LogP) is 3.08. The van der Waals surface area contributed by atoms with E-state index in [2.05, 4.69) is 42.8 Å². The number of nitrogens with zero attached hydrogens (tertiary/aromatic N) is 5. The van der Waals surface area contributed by atoms with Crippen molar-refractivity contribution in [1.29, 1.82) is 0 Å². The molecule has 1 fully saturated rings. The normalized spacial score (nSPS) is 22.2. The summed E-state index contributed by atoms with van der Waals surface area (Å²) in [6.45, 7) is 7.37. The molecule has 1 aliphatic rings. The van der Waals surface area contributed by atoms with Crippen molar-refractivity contribution >= 4 is 5.95 Å². The lowest BCUT2D eigenvalue weighted by molar-refractivity contribution is -0.128. The number of ether oxygens (including phenoxy) is 1. The number of rotatable bonds is 7. The van der Waals surface area contributed by atoms with Gasteiger partial charge in [0.1, 0.15) is 0 Å². The van der Waals surface area contributed by atoms with Crippen molar-refractivity contribution in [2.24, 2.45) is 5.41 Å². The summed E-state index contributed by atoms with van der Waals surface area (Å²) in [6.07, 6.45) is 9.01. The highest BCUT2D eigenvalue weighted by Gasteiger charge is 2.55. The molecular weight excluding hydrogens is 302 g/mol. The molecule has 1 aliphatic carbocycles. The van der Waals surface area contributed by atoms with Gasteiger partial charge in [0.25, 0.3) is 0 Å². The van der Waals surface area contributed by atoms with Crippen molar-refractivity contribution in [1.82, 2.24) is 19.7 Å². The molecule has 0 unspecified atom stereocenters. The molecule has 130 valence electrons. The maximum Gasteiger partial charge on any atom is 0.227 e. The topological polar surface area (TPSA) is 56.1 Å². The maximum absolute atomic E-state index is 5.99. The summed E-state index contributed by atoms with van der Waals surface area (Å²) in [6, 6.07) is 4.17. The lowest BCUT2D eigenvalue weighted by Crippen LogP contribution is -2.64. The van der Waals surface area contributed by atoms with Gasteiger partial charge in [-0.1, -0.05) is 13.8 Å². The zero-order valence-corrected chi connectivity index (χ0v) is 15.0. The minimum Gasteiger partial charge on any atom is -0.378 e. The fourth-order valence-electron chi connectivity index (χ4n) is 4.06. The van der Waals surface area contributed by atoms with Gasteiger partial charge < -0.3 is 9.64 Å². The molecule has 2 atom stereocenters. The third-order valence-electron chi connectivity index (χ3n) is 5.58. The van der Waals surface area contributed by atoms with Gasteiger partial charge in [-0.25, -0.2) is 9.67 Å². The largest absolute Gasteiger partial charge is 0.378 e. The minimum absolute atomic E-state index is 0.176. The molecule has 0 bridgehead atoms. The van der Waals surface area contributed by atoms with Crippen LogP contribution in [0.1, 0.15) is 40.0 Å². The average Bonchev–Trinajstić information content (AvgIpc) is 3.14. The van der Waals surface area contributed by atoms with Crippen LogP contribution in [0.4, 0.5) is 5.95 Å². The molecule has 0 aromatic carbocycles. The van der Waals surface area contributed by atoms with Crippen molar-refractivity contribution in [2.45, 2.75) is 52.2 Å². The Kier molecular flexibility index (Phi) is 4.85. The van der Waals surface area contributed by atoms with Gasteiger partial charge in [-0.2, -0.15) is 10.1 Å². The van der Waals surface area contributed by atoms with Crippen LogP contribution in [0.2, 0.25) is 0 Å². The molecule has 0 radical (unpaired) electrons. The first-order valence-corrected chi connectivity index (χ1v) is 8.83. The number of anilines is 1. The first-order valence-electron chi connectivity index (χ1n) is 8.83. The summed E-state index contributed by atoms with van der Waals surface area (Å²) in [4.78, 5) is 11.4. The van der Waals surface area contributed by atoms with Crippen LogP contribution in [0.3, 0.4) is 0 Å². The average molecular weight is 329 g/mol. The third-order valence-corrected chi connectivity index (χ3v) is 5.58. The molecule has 6 heteroatoms. The standard InChI is InChI=1S/C18H27N5O/c1-5-18(6-2)14(13-15(18)24-7-3)22(4)17-19-11-9-16(21-17)23-12-8-10-20-23/h8-12,14-15H,5-7,13H2,1-4H3/t14-,15+/m1/s1. The first-order chi connectivity index (χ1) is 11.7. The Hall–Kier alpha value is -1.95. The van der Waals surface area contributed by atoms with Gasteiger partial charge in [0.15, 0.2) is 5.82 Å². The predicted molar refractivity (Wildman–Crippen MR) is 94.4 cm³/mol. The van der Waals surface area contributed by atoms with Gasteiger partial charge in [-0.3, -0.25) is 0 Å². The highest BCUT2D eigenvalue weighted by atomic mass is 16.5. The highest BCUT2D eigenvalue weighted by Crippen LogP contribution is 2.51. The van der Waals surface area contributed by atoms with Crippen molar-refractivity contribution in [3.05, 3.63) is 30.7 Å². The second kappa shape index (κ2) is 6.89. The van der Waals surface area contributed by atoms with Crippen LogP contribution in [0.5, 0.6) is 0 Å². The second-order valence-corrected chi connectivity index (χ2v) is 6.41. The minimum atomic E-state index is 0.176. The van der Waals surface area contributed by atoms with Crippen LogP contribution in [0, 0.1) is 5.41 Å². The van der Waals surface area contributed by atoms with Gasteiger partial charge in [0, 0.05) is 49.8 Å². The van der Waals surface area contributed by atoms with Gasteiger partial charge >= 0.3 is 0 Å². The van der Waals surface area contributed by atoms with Gasteiger partial charge in [-0.15, -0.1) is 0 Å². The van der Waals surface area contributed by atoms with Gasteiger partial charge in [0.05, 0.1) is 6.10 Å². The fourth-order valence-corrected chi connectivity index (χ4v) is 4.06. The smallest absolute Gasteiger partial charge is 0.227 e. The number of hydrogen-bond acceptors (Lipinski definition) is 5. The van der Waals surface area contributed by atoms with Gasteiger partial charge in [-0.05, 0) is 32.3 Å². The third kappa shape index (κ3) is 2.69. The van der Waals surface area contributed by atoms with E-state index in [4.69, 9.17) is 9.72 Å². The van der Waals surface area contributed by atoms with E-state index in [9.17, 15) is 0 Å². The van der Waals surface area contributed by atoms with E-state index >= 15 is 0 Å². The molecule has 2 heterocycles. The number of hydrogen-bond donors (Lipinski definition) is 0. The zero-order chi connectivity index (χ0) is 17.2. The van der Waals surface area contributed by atoms with Crippen LogP contribution < -0.4 is 4.90 Å². The summed E-state index contributed by atoms with van der Waals surface area (Å²) in [5, 5.41) is 4.25. The molecule has 24 heavy (non-hydrogen) atoms. The van der Waals surface area contributed by atoms with Crippen LogP contribution in [0.15, 0.2) is 30.7 Å². The van der Waals surface area contributed by atoms with E-state index in [0.717, 1.165) is 37.6 Å². The molecule has 0 saturated heterocycles. The quantitative estimate of drug-likeness (QED) is 0.781. The summed E-state index contributed by atoms with van der Waals surface area (Å²) < 4.78 is 7.75. The lowest BCUT2D eigenvalue weighted by atomic mass is 9.58. The monoisotopic (exact) mass is 329 g/mol.